The number of alkyl halides is 4. The number of piperazine rings is 2. The molecule has 24 heteroatoms. The molecular weight excluding hydrogens is 957 g/mol. The topological polar surface area (TPSA) is 212 Å². The van der Waals surface area contributed by atoms with Crippen LogP contribution in [-0.4, -0.2) is 145 Å². The number of amides is 3. The Morgan fingerprint density at radius 1 is 0.658 bits per heavy atom. The van der Waals surface area contributed by atoms with Gasteiger partial charge < -0.3 is 44.9 Å². The van der Waals surface area contributed by atoms with Gasteiger partial charge in [-0.15, -0.1) is 0 Å². The molecule has 6 aromatic rings. The van der Waals surface area contributed by atoms with Crippen LogP contribution in [-0.2, 0) is 14.3 Å². The van der Waals surface area contributed by atoms with E-state index in [1.165, 1.54) is 0 Å². The van der Waals surface area contributed by atoms with Crippen molar-refractivity contribution in [3.05, 3.63) is 61.4 Å². The van der Waals surface area contributed by atoms with Gasteiger partial charge in [-0.3, -0.25) is 18.7 Å². The number of halogens is 4. The number of ether oxygens (including phenoxy) is 3. The van der Waals surface area contributed by atoms with Crippen LogP contribution < -0.4 is 35.2 Å². The Morgan fingerprint density at radius 3 is 1.49 bits per heavy atom. The van der Waals surface area contributed by atoms with Crippen molar-refractivity contribution in [1.82, 2.24) is 59.9 Å². The van der Waals surface area contributed by atoms with Crippen LogP contribution in [0.25, 0.3) is 44.6 Å². The molecule has 0 unspecified atom stereocenters. The monoisotopic (exact) mass is 1010 g/mol. The molecule has 3 amide bonds. The zero-order valence-electron chi connectivity index (χ0n) is 41.1. The first kappa shape index (κ1) is 50.6. The molecule has 0 aromatic carbocycles. The molecule has 0 radical (unpaired) electrons. The molecule has 0 spiro atoms. The number of aromatic nitrogens is 8. The fourth-order valence-corrected chi connectivity index (χ4v) is 9.06. The lowest BCUT2D eigenvalue weighted by Crippen LogP contribution is -2.50. The summed E-state index contributed by atoms with van der Waals surface area (Å²) in [6.45, 7) is 10.3. The highest BCUT2D eigenvalue weighted by Gasteiger charge is 2.32. The predicted molar refractivity (Wildman–Crippen MR) is 262 cm³/mol. The van der Waals surface area contributed by atoms with Gasteiger partial charge in [-0.05, 0) is 71.0 Å². The summed E-state index contributed by atoms with van der Waals surface area (Å²) in [6.07, 6.45) is 5.01. The molecule has 0 aliphatic carbocycles. The van der Waals surface area contributed by atoms with Gasteiger partial charge >= 0.3 is 19.2 Å². The van der Waals surface area contributed by atoms with Gasteiger partial charge in [-0.25, -0.2) is 34.7 Å². The van der Waals surface area contributed by atoms with E-state index in [9.17, 15) is 31.9 Å². The normalized spacial score (nSPS) is 19.2. The lowest BCUT2D eigenvalue weighted by atomic mass is 10.0. The summed E-state index contributed by atoms with van der Waals surface area (Å²) in [6, 6.07) is 10.9. The highest BCUT2D eigenvalue weighted by molar-refractivity contribution is 5.86. The maximum atomic E-state index is 13.7. The molecule has 73 heavy (non-hydrogen) atoms. The van der Waals surface area contributed by atoms with Crippen molar-refractivity contribution in [2.75, 3.05) is 75.2 Å². The minimum absolute atomic E-state index is 0.0273. The van der Waals surface area contributed by atoms with E-state index in [1.54, 1.807) is 36.4 Å². The molecule has 20 nitrogen and oxygen atoms in total. The Hall–Kier alpha value is -7.37. The number of anilines is 2. The highest BCUT2D eigenvalue weighted by Crippen LogP contribution is 2.35. The van der Waals surface area contributed by atoms with Crippen molar-refractivity contribution in [1.29, 1.82) is 0 Å². The Morgan fingerprint density at radius 2 is 1.11 bits per heavy atom. The molecule has 3 N–H and O–H groups in total. The zero-order valence-corrected chi connectivity index (χ0v) is 41.1. The number of pyridine rings is 4. The average molecular weight is 1020 g/mol. The van der Waals surface area contributed by atoms with Crippen LogP contribution in [0.1, 0.15) is 60.6 Å². The van der Waals surface area contributed by atoms with E-state index < -0.39 is 30.9 Å². The molecule has 4 aliphatic rings. The summed E-state index contributed by atoms with van der Waals surface area (Å²) >= 11 is 0. The first-order chi connectivity index (χ1) is 35.0. The minimum atomic E-state index is -2.82. The average Bonchev–Trinajstić information content (AvgIpc) is 4.21. The van der Waals surface area contributed by atoms with Gasteiger partial charge in [0.15, 0.2) is 0 Å². The van der Waals surface area contributed by atoms with E-state index in [2.05, 4.69) is 55.7 Å². The van der Waals surface area contributed by atoms with Crippen molar-refractivity contribution in [2.45, 2.75) is 78.4 Å². The summed E-state index contributed by atoms with van der Waals surface area (Å²) in [5.41, 5.74) is 2.75. The van der Waals surface area contributed by atoms with Crippen LogP contribution in [0.2, 0.25) is 0 Å². The molecule has 6 aromatic heterocycles. The number of imidazole rings is 2. The van der Waals surface area contributed by atoms with E-state index in [4.69, 9.17) is 14.2 Å². The minimum Gasteiger partial charge on any atom is -0.473 e. The van der Waals surface area contributed by atoms with E-state index in [0.717, 1.165) is 65.2 Å². The van der Waals surface area contributed by atoms with E-state index in [0.29, 0.717) is 80.1 Å². The fourth-order valence-electron chi connectivity index (χ4n) is 9.06. The van der Waals surface area contributed by atoms with Gasteiger partial charge in [0.2, 0.25) is 23.6 Å². The van der Waals surface area contributed by atoms with Gasteiger partial charge in [-0.2, -0.15) is 17.6 Å². The van der Waals surface area contributed by atoms with Crippen LogP contribution in [0, 0.1) is 11.8 Å². The third-order valence-corrected chi connectivity index (χ3v) is 13.2. The number of fused-ring (bicyclic) bond motifs is 2. The molecule has 4 saturated heterocycles. The van der Waals surface area contributed by atoms with Gasteiger partial charge in [0.1, 0.15) is 53.1 Å². The quantitative estimate of drug-likeness (QED) is 0.119. The molecule has 0 bridgehead atoms. The lowest BCUT2D eigenvalue weighted by molar-refractivity contribution is -0.120. The molecule has 0 saturated carbocycles. The Bertz CT molecular complexity index is 2920. The second-order valence-electron chi connectivity index (χ2n) is 19.4. The van der Waals surface area contributed by atoms with Gasteiger partial charge in [0, 0.05) is 114 Å². The van der Waals surface area contributed by atoms with Crippen LogP contribution in [0.15, 0.2) is 61.4 Å². The van der Waals surface area contributed by atoms with Gasteiger partial charge in [-0.1, -0.05) is 0 Å². The van der Waals surface area contributed by atoms with Crippen molar-refractivity contribution in [3.8, 4) is 34.3 Å². The first-order valence-electron chi connectivity index (χ1n) is 24.3. The summed E-state index contributed by atoms with van der Waals surface area (Å²) in [7, 11) is 0. The summed E-state index contributed by atoms with van der Waals surface area (Å²) < 4.78 is 73.8. The number of rotatable bonds is 12. The van der Waals surface area contributed by atoms with Gasteiger partial charge in [0.25, 0.3) is 0 Å². The third-order valence-electron chi connectivity index (χ3n) is 13.2. The number of nitrogens with one attached hydrogen (secondary N) is 3. The van der Waals surface area contributed by atoms with Crippen LogP contribution in [0.3, 0.4) is 0 Å². The van der Waals surface area contributed by atoms with Crippen LogP contribution in [0.5, 0.6) is 11.8 Å². The summed E-state index contributed by atoms with van der Waals surface area (Å²) in [5.74, 6) is 1.44. The Kier molecular flexibility index (Phi) is 14.8. The highest BCUT2D eigenvalue weighted by atomic mass is 19.3. The fraction of sp³-hybridized carbons (Fsp3) is 0.490. The Labute approximate surface area is 417 Å². The molecule has 10 heterocycles. The summed E-state index contributed by atoms with van der Waals surface area (Å²) in [4.78, 5) is 68.3. The van der Waals surface area contributed by atoms with E-state index in [-0.39, 0.29) is 52.5 Å². The molecule has 4 aliphatic heterocycles. The van der Waals surface area contributed by atoms with Crippen molar-refractivity contribution < 1.29 is 46.2 Å². The standard InChI is InChI=1S/C27H33F2N7O4.C22H25F2N7O2/c1-16(18-11-22(37)31-14-18)39-24-23-20(32-15-36(23)25(28)29)12-19(33-24)17-5-6-21(30-13-17)34-7-9-35(10-8-34)26(38)40-27(2,3)4;1-13(15-8-19(32)27-11-15)33-21-20-17(28-12-31(20)22(23)24)9-16(29-21)14-2-3-18(26-10-14)30-6-4-25-5-7-30/h5-6,12-13,15-16,18,25H,7-11,14H2,1-4H3,(H,31,37);2-3,9-10,12-13,15,22,25H,4-8,11H2,1H3,(H,27,32)/t16-,18-;13-,15-/m11/s1. The van der Waals surface area contributed by atoms with E-state index >= 15 is 0 Å². The maximum absolute atomic E-state index is 13.7. The Balaban J connectivity index is 0.000000183. The second-order valence-corrected chi connectivity index (χ2v) is 19.4. The number of carbonyl (C=O) groups is 3. The largest absolute Gasteiger partial charge is 0.473 e. The molecule has 4 fully saturated rings. The molecule has 388 valence electrons. The SMILES string of the molecule is C[C@@H](Oc1nc(-c2ccc(N3CCN(C(=O)OC(C)(C)C)CC3)nc2)cc2ncn(C(F)F)c12)[C@H]1CNC(=O)C1.C[C@@H](Oc1nc(-c2ccc(N3CCNCC3)nc2)cc2ncn(C(F)F)c12)[C@H]1CNC(=O)C1. The lowest BCUT2D eigenvalue weighted by Gasteiger charge is -2.36. The number of hydrogen-bond donors (Lipinski definition) is 3. The number of nitrogens with zero attached hydrogens (tertiary/aromatic N) is 11. The number of hydrogen-bond acceptors (Lipinski definition) is 15. The van der Waals surface area contributed by atoms with Gasteiger partial charge in [0.05, 0.1) is 22.4 Å². The second kappa shape index (κ2) is 21.4. The van der Waals surface area contributed by atoms with E-state index in [1.807, 2.05) is 52.0 Å². The van der Waals surface area contributed by atoms with Crippen molar-refractivity contribution in [2.24, 2.45) is 11.8 Å². The predicted octanol–water partition coefficient (Wildman–Crippen LogP) is 6.05. The molecular formula is C49H58F4N14O6. The molecule has 10 rings (SSSR count). The number of carbonyl (C=O) groups excluding carboxylic acids is 3. The van der Waals surface area contributed by atoms with Crippen LogP contribution in [0.4, 0.5) is 34.0 Å². The zero-order chi connectivity index (χ0) is 51.6. The first-order valence-corrected chi connectivity index (χ1v) is 24.3. The van der Waals surface area contributed by atoms with Crippen LogP contribution >= 0.6 is 0 Å². The maximum Gasteiger partial charge on any atom is 0.410 e. The third kappa shape index (κ3) is 11.6. The summed E-state index contributed by atoms with van der Waals surface area (Å²) in [5, 5.41) is 8.86. The smallest absolute Gasteiger partial charge is 0.410 e. The van der Waals surface area contributed by atoms with Crippen molar-refractivity contribution in [3.63, 3.8) is 0 Å². The molecule has 4 atom stereocenters. The van der Waals surface area contributed by atoms with Crippen molar-refractivity contribution >= 4 is 51.6 Å².